The lowest BCUT2D eigenvalue weighted by Gasteiger charge is -2.13. The second kappa shape index (κ2) is 6.74. The van der Waals surface area contributed by atoms with Crippen LogP contribution in [0.1, 0.15) is 28.4 Å². The van der Waals surface area contributed by atoms with E-state index >= 15 is 0 Å². The summed E-state index contributed by atoms with van der Waals surface area (Å²) in [7, 11) is 0. The Bertz CT molecular complexity index is 764. The SMILES string of the molecule is CC(=O)OCc1cccc(-c2ccc(C(F)(F)F)cc2)c1C(=O)O. The van der Waals surface area contributed by atoms with Gasteiger partial charge in [-0.25, -0.2) is 4.79 Å². The van der Waals surface area contributed by atoms with Gasteiger partial charge in [-0.3, -0.25) is 4.79 Å². The van der Waals surface area contributed by atoms with Gasteiger partial charge in [-0.1, -0.05) is 30.3 Å². The van der Waals surface area contributed by atoms with Crippen molar-refractivity contribution in [2.45, 2.75) is 19.7 Å². The minimum Gasteiger partial charge on any atom is -0.478 e. The topological polar surface area (TPSA) is 63.6 Å². The van der Waals surface area contributed by atoms with E-state index in [0.717, 1.165) is 12.1 Å². The quantitative estimate of drug-likeness (QED) is 0.851. The summed E-state index contributed by atoms with van der Waals surface area (Å²) < 4.78 is 42.7. The number of carboxylic acids is 1. The molecule has 0 spiro atoms. The van der Waals surface area contributed by atoms with Crippen LogP contribution in [-0.2, 0) is 22.3 Å². The summed E-state index contributed by atoms with van der Waals surface area (Å²) in [5.74, 6) is -1.82. The third kappa shape index (κ3) is 3.92. The first-order valence-corrected chi connectivity index (χ1v) is 6.86. The maximum Gasteiger partial charge on any atom is 0.416 e. The van der Waals surface area contributed by atoms with Crippen LogP contribution < -0.4 is 0 Å². The molecule has 24 heavy (non-hydrogen) atoms. The van der Waals surface area contributed by atoms with E-state index in [1.807, 2.05) is 0 Å². The van der Waals surface area contributed by atoms with Gasteiger partial charge in [-0.2, -0.15) is 13.2 Å². The summed E-state index contributed by atoms with van der Waals surface area (Å²) in [4.78, 5) is 22.5. The zero-order valence-corrected chi connectivity index (χ0v) is 12.6. The Labute approximate surface area is 135 Å². The van der Waals surface area contributed by atoms with Crippen LogP contribution >= 0.6 is 0 Å². The lowest BCUT2D eigenvalue weighted by atomic mass is 9.95. The van der Waals surface area contributed by atoms with Crippen molar-refractivity contribution in [1.82, 2.24) is 0 Å². The molecule has 2 aromatic carbocycles. The Balaban J connectivity index is 2.48. The molecule has 0 aliphatic heterocycles. The monoisotopic (exact) mass is 338 g/mol. The molecule has 0 aliphatic rings. The van der Waals surface area contributed by atoms with E-state index in [1.54, 1.807) is 6.07 Å². The largest absolute Gasteiger partial charge is 0.478 e. The Kier molecular flexibility index (Phi) is 4.92. The third-order valence-electron chi connectivity index (χ3n) is 3.32. The first-order valence-electron chi connectivity index (χ1n) is 6.86. The highest BCUT2D eigenvalue weighted by Crippen LogP contribution is 2.32. The highest BCUT2D eigenvalue weighted by molar-refractivity contribution is 5.97. The van der Waals surface area contributed by atoms with Gasteiger partial charge in [0, 0.05) is 12.5 Å². The number of carboxylic acid groups (broad SMARTS) is 1. The van der Waals surface area contributed by atoms with Crippen LogP contribution in [0.4, 0.5) is 13.2 Å². The molecule has 4 nitrogen and oxygen atoms in total. The van der Waals surface area contributed by atoms with Crippen molar-refractivity contribution in [3.05, 3.63) is 59.2 Å². The minimum atomic E-state index is -4.47. The number of halogens is 3. The van der Waals surface area contributed by atoms with E-state index < -0.39 is 23.7 Å². The molecule has 126 valence electrons. The van der Waals surface area contributed by atoms with Crippen molar-refractivity contribution in [2.75, 3.05) is 0 Å². The molecular weight excluding hydrogens is 325 g/mol. The number of rotatable bonds is 4. The van der Waals surface area contributed by atoms with Gasteiger partial charge in [-0.15, -0.1) is 0 Å². The van der Waals surface area contributed by atoms with E-state index in [9.17, 15) is 27.9 Å². The van der Waals surface area contributed by atoms with Crippen LogP contribution in [0.15, 0.2) is 42.5 Å². The summed E-state index contributed by atoms with van der Waals surface area (Å²) in [6.45, 7) is 0.964. The molecule has 0 aromatic heterocycles. The van der Waals surface area contributed by atoms with Gasteiger partial charge in [0.25, 0.3) is 0 Å². The van der Waals surface area contributed by atoms with Gasteiger partial charge < -0.3 is 9.84 Å². The van der Waals surface area contributed by atoms with E-state index in [-0.39, 0.29) is 23.3 Å². The molecule has 0 saturated carbocycles. The van der Waals surface area contributed by atoms with E-state index in [2.05, 4.69) is 0 Å². The smallest absolute Gasteiger partial charge is 0.416 e. The van der Waals surface area contributed by atoms with Crippen molar-refractivity contribution in [1.29, 1.82) is 0 Å². The average Bonchev–Trinajstić information content (AvgIpc) is 2.51. The second-order valence-electron chi connectivity index (χ2n) is 5.00. The molecule has 0 amide bonds. The highest BCUT2D eigenvalue weighted by atomic mass is 19.4. The average molecular weight is 338 g/mol. The molecule has 0 heterocycles. The highest BCUT2D eigenvalue weighted by Gasteiger charge is 2.30. The fourth-order valence-corrected chi connectivity index (χ4v) is 2.23. The van der Waals surface area contributed by atoms with Crippen LogP contribution in [0.3, 0.4) is 0 Å². The fraction of sp³-hybridized carbons (Fsp3) is 0.176. The molecule has 0 unspecified atom stereocenters. The molecule has 2 rings (SSSR count). The van der Waals surface area contributed by atoms with Gasteiger partial charge in [0.15, 0.2) is 0 Å². The number of alkyl halides is 3. The summed E-state index contributed by atoms with van der Waals surface area (Å²) >= 11 is 0. The first-order chi connectivity index (χ1) is 11.2. The van der Waals surface area contributed by atoms with Crippen molar-refractivity contribution in [3.63, 3.8) is 0 Å². The Morgan fingerprint density at radius 1 is 1.08 bits per heavy atom. The fourth-order valence-electron chi connectivity index (χ4n) is 2.23. The van der Waals surface area contributed by atoms with Gasteiger partial charge >= 0.3 is 18.1 Å². The number of carbonyl (C=O) groups excluding carboxylic acids is 1. The second-order valence-corrected chi connectivity index (χ2v) is 5.00. The first kappa shape index (κ1) is 17.5. The zero-order chi connectivity index (χ0) is 17.9. The third-order valence-corrected chi connectivity index (χ3v) is 3.32. The number of ether oxygens (including phenoxy) is 1. The molecule has 0 bridgehead atoms. The van der Waals surface area contributed by atoms with Gasteiger partial charge in [0.05, 0.1) is 11.1 Å². The molecule has 0 fully saturated rings. The Morgan fingerprint density at radius 2 is 1.71 bits per heavy atom. The lowest BCUT2D eigenvalue weighted by Crippen LogP contribution is -2.08. The normalized spacial score (nSPS) is 11.2. The van der Waals surface area contributed by atoms with Crippen LogP contribution in [0.25, 0.3) is 11.1 Å². The predicted octanol–water partition coefficient (Wildman–Crippen LogP) is 4.13. The number of hydrogen-bond donors (Lipinski definition) is 1. The molecule has 0 radical (unpaired) electrons. The van der Waals surface area contributed by atoms with Gasteiger partial charge in [0.1, 0.15) is 6.61 Å². The molecule has 0 saturated heterocycles. The van der Waals surface area contributed by atoms with Crippen LogP contribution in [0.2, 0.25) is 0 Å². The minimum absolute atomic E-state index is 0.112. The number of benzene rings is 2. The Morgan fingerprint density at radius 3 is 2.21 bits per heavy atom. The van der Waals surface area contributed by atoms with Crippen LogP contribution in [0, 0.1) is 0 Å². The number of carbonyl (C=O) groups is 2. The molecule has 7 heteroatoms. The zero-order valence-electron chi connectivity index (χ0n) is 12.6. The number of aromatic carboxylic acids is 1. The van der Waals surface area contributed by atoms with Crippen LogP contribution in [-0.4, -0.2) is 17.0 Å². The number of hydrogen-bond acceptors (Lipinski definition) is 3. The Hall–Kier alpha value is -2.83. The molecule has 2 aromatic rings. The predicted molar refractivity (Wildman–Crippen MR) is 79.3 cm³/mol. The molecule has 0 aliphatic carbocycles. The van der Waals surface area contributed by atoms with Crippen molar-refractivity contribution in [2.24, 2.45) is 0 Å². The van der Waals surface area contributed by atoms with E-state index in [1.165, 1.54) is 31.2 Å². The van der Waals surface area contributed by atoms with Crippen molar-refractivity contribution < 1.29 is 32.6 Å². The summed E-state index contributed by atoms with van der Waals surface area (Å²) in [5, 5.41) is 9.44. The van der Waals surface area contributed by atoms with Crippen molar-refractivity contribution >= 4 is 11.9 Å². The summed E-state index contributed by atoms with van der Waals surface area (Å²) in [5.41, 5.74) is -0.0984. The summed E-state index contributed by atoms with van der Waals surface area (Å²) in [6.07, 6.45) is -4.47. The lowest BCUT2D eigenvalue weighted by molar-refractivity contribution is -0.142. The maximum absolute atomic E-state index is 12.6. The van der Waals surface area contributed by atoms with Gasteiger partial charge in [0.2, 0.25) is 0 Å². The summed E-state index contributed by atoms with van der Waals surface area (Å²) in [6, 6.07) is 8.72. The molecular formula is C17H13F3O4. The number of esters is 1. The molecule has 0 atom stereocenters. The standard InChI is InChI=1S/C17H13F3O4/c1-10(21)24-9-12-3-2-4-14(15(12)16(22)23)11-5-7-13(8-6-11)17(18,19)20/h2-8H,9H2,1H3,(H,22,23). The van der Waals surface area contributed by atoms with E-state index in [0.29, 0.717) is 5.56 Å². The molecule has 1 N–H and O–H groups in total. The maximum atomic E-state index is 12.6. The van der Waals surface area contributed by atoms with Crippen LogP contribution in [0.5, 0.6) is 0 Å². The van der Waals surface area contributed by atoms with Crippen molar-refractivity contribution in [3.8, 4) is 11.1 Å². The van der Waals surface area contributed by atoms with E-state index in [4.69, 9.17) is 4.74 Å². The van der Waals surface area contributed by atoms with Gasteiger partial charge in [-0.05, 0) is 23.3 Å².